The van der Waals surface area contributed by atoms with Crippen molar-refractivity contribution < 1.29 is 9.47 Å². The fraction of sp³-hybridized carbons (Fsp3) is 0.263. The van der Waals surface area contributed by atoms with Crippen molar-refractivity contribution in [2.45, 2.75) is 13.0 Å². The van der Waals surface area contributed by atoms with Crippen LogP contribution in [0.3, 0.4) is 0 Å². The van der Waals surface area contributed by atoms with E-state index in [1.165, 1.54) is 11.1 Å². The highest BCUT2D eigenvalue weighted by Gasteiger charge is 2.06. The molecule has 0 fully saturated rings. The first-order valence-electron chi connectivity index (χ1n) is 7.90. The molecule has 0 amide bonds. The van der Waals surface area contributed by atoms with Gasteiger partial charge in [0.25, 0.3) is 0 Å². The second-order valence-corrected chi connectivity index (χ2v) is 5.48. The molecule has 0 aliphatic carbocycles. The molecular formula is C19H21N3O2. The van der Waals surface area contributed by atoms with Crippen molar-refractivity contribution in [1.82, 2.24) is 9.97 Å². The van der Waals surface area contributed by atoms with Crippen molar-refractivity contribution in [2.24, 2.45) is 0 Å². The van der Waals surface area contributed by atoms with Crippen molar-refractivity contribution in [3.63, 3.8) is 0 Å². The second-order valence-electron chi connectivity index (χ2n) is 5.48. The quantitative estimate of drug-likeness (QED) is 0.722. The molecule has 3 aromatic rings. The Morgan fingerprint density at radius 1 is 1.00 bits per heavy atom. The minimum atomic E-state index is 0.629. The molecule has 0 atom stereocenters. The van der Waals surface area contributed by atoms with Crippen molar-refractivity contribution in [3.05, 3.63) is 59.9 Å². The Labute approximate surface area is 141 Å². The first-order valence-corrected chi connectivity index (χ1v) is 7.90. The monoisotopic (exact) mass is 323 g/mol. The van der Waals surface area contributed by atoms with Gasteiger partial charge in [-0.05, 0) is 35.7 Å². The highest BCUT2D eigenvalue weighted by molar-refractivity contribution is 5.89. The van der Waals surface area contributed by atoms with E-state index in [2.05, 4.69) is 33.5 Å². The highest BCUT2D eigenvalue weighted by atomic mass is 16.5. The topological polar surface area (TPSA) is 56.3 Å². The van der Waals surface area contributed by atoms with Gasteiger partial charge in [-0.3, -0.25) is 0 Å². The molecule has 0 unspecified atom stereocenters. The van der Waals surface area contributed by atoms with Gasteiger partial charge in [0.15, 0.2) is 0 Å². The third-order valence-electron chi connectivity index (χ3n) is 3.95. The summed E-state index contributed by atoms with van der Waals surface area (Å²) >= 11 is 0. The Bertz CT molecular complexity index is 821. The molecule has 0 saturated heterocycles. The Balaban J connectivity index is 1.74. The zero-order valence-corrected chi connectivity index (χ0v) is 14.0. The number of ether oxygens (including phenoxy) is 2. The van der Waals surface area contributed by atoms with Gasteiger partial charge in [-0.15, -0.1) is 0 Å². The number of hydrogen-bond acceptors (Lipinski definition) is 5. The van der Waals surface area contributed by atoms with Crippen LogP contribution in [0.25, 0.3) is 10.9 Å². The van der Waals surface area contributed by atoms with Crippen LogP contribution < -0.4 is 10.1 Å². The standard InChI is InChI=1S/C19H21N3O2/c1-23-12-15-6-4-3-5-14(15)9-10-20-19-17-11-16(24-2)7-8-18(17)21-13-22-19/h3-8,11,13H,9-10,12H2,1-2H3,(H,20,21,22). The number of aromatic nitrogens is 2. The van der Waals surface area contributed by atoms with Crippen LogP contribution in [0.4, 0.5) is 5.82 Å². The summed E-state index contributed by atoms with van der Waals surface area (Å²) in [5.41, 5.74) is 3.40. The molecule has 0 bridgehead atoms. The number of anilines is 1. The predicted octanol–water partition coefficient (Wildman–Crippen LogP) is 3.44. The molecular weight excluding hydrogens is 302 g/mol. The molecule has 0 aliphatic heterocycles. The minimum Gasteiger partial charge on any atom is -0.497 e. The third-order valence-corrected chi connectivity index (χ3v) is 3.95. The summed E-state index contributed by atoms with van der Waals surface area (Å²) < 4.78 is 10.6. The van der Waals surface area contributed by atoms with Crippen molar-refractivity contribution in [1.29, 1.82) is 0 Å². The molecule has 0 saturated carbocycles. The maximum Gasteiger partial charge on any atom is 0.137 e. The molecule has 24 heavy (non-hydrogen) atoms. The van der Waals surface area contributed by atoms with Crippen molar-refractivity contribution >= 4 is 16.7 Å². The smallest absolute Gasteiger partial charge is 0.137 e. The van der Waals surface area contributed by atoms with Gasteiger partial charge < -0.3 is 14.8 Å². The van der Waals surface area contributed by atoms with Crippen LogP contribution in [0.1, 0.15) is 11.1 Å². The van der Waals surface area contributed by atoms with Gasteiger partial charge in [0.1, 0.15) is 17.9 Å². The van der Waals surface area contributed by atoms with Crippen molar-refractivity contribution in [2.75, 3.05) is 26.1 Å². The average Bonchev–Trinajstić information content (AvgIpc) is 2.63. The van der Waals surface area contributed by atoms with Crippen LogP contribution in [0.15, 0.2) is 48.8 Å². The normalized spacial score (nSPS) is 10.8. The zero-order chi connectivity index (χ0) is 16.8. The van der Waals surface area contributed by atoms with Crippen molar-refractivity contribution in [3.8, 4) is 5.75 Å². The molecule has 0 radical (unpaired) electrons. The molecule has 2 aromatic carbocycles. The lowest BCUT2D eigenvalue weighted by molar-refractivity contribution is 0.184. The number of methoxy groups -OCH3 is 2. The number of benzene rings is 2. The minimum absolute atomic E-state index is 0.629. The van der Waals surface area contributed by atoms with E-state index in [0.717, 1.165) is 35.4 Å². The summed E-state index contributed by atoms with van der Waals surface area (Å²) in [6.07, 6.45) is 2.48. The maximum atomic E-state index is 5.30. The predicted molar refractivity (Wildman–Crippen MR) is 95.4 cm³/mol. The SMILES string of the molecule is COCc1ccccc1CCNc1ncnc2ccc(OC)cc12. The van der Waals surface area contributed by atoms with Gasteiger partial charge in [-0.25, -0.2) is 9.97 Å². The number of nitrogens with one attached hydrogen (secondary N) is 1. The summed E-state index contributed by atoms with van der Waals surface area (Å²) in [5.74, 6) is 1.62. The number of rotatable bonds is 7. The Morgan fingerprint density at radius 2 is 1.83 bits per heavy atom. The summed E-state index contributed by atoms with van der Waals surface area (Å²) in [5, 5.41) is 4.37. The molecule has 1 heterocycles. The van der Waals surface area contributed by atoms with E-state index >= 15 is 0 Å². The van der Waals surface area contributed by atoms with E-state index in [0.29, 0.717) is 6.61 Å². The van der Waals surface area contributed by atoms with Gasteiger partial charge >= 0.3 is 0 Å². The summed E-state index contributed by atoms with van der Waals surface area (Å²) in [7, 11) is 3.38. The highest BCUT2D eigenvalue weighted by Crippen LogP contribution is 2.24. The second kappa shape index (κ2) is 7.75. The van der Waals surface area contributed by atoms with E-state index in [1.54, 1.807) is 20.5 Å². The Kier molecular flexibility index (Phi) is 5.23. The molecule has 124 valence electrons. The Morgan fingerprint density at radius 3 is 2.62 bits per heavy atom. The summed E-state index contributed by atoms with van der Waals surface area (Å²) in [6, 6.07) is 14.1. The van der Waals surface area contributed by atoms with Crippen LogP contribution in [-0.2, 0) is 17.8 Å². The van der Waals surface area contributed by atoms with E-state index in [4.69, 9.17) is 9.47 Å². The van der Waals surface area contributed by atoms with Gasteiger partial charge in [-0.2, -0.15) is 0 Å². The molecule has 0 aliphatic rings. The maximum absolute atomic E-state index is 5.30. The van der Waals surface area contributed by atoms with Crippen LogP contribution in [-0.4, -0.2) is 30.7 Å². The van der Waals surface area contributed by atoms with Gasteiger partial charge in [0.05, 0.1) is 19.2 Å². The lowest BCUT2D eigenvalue weighted by atomic mass is 10.1. The fourth-order valence-corrected chi connectivity index (χ4v) is 2.72. The van der Waals surface area contributed by atoms with Gasteiger partial charge in [0, 0.05) is 19.0 Å². The fourth-order valence-electron chi connectivity index (χ4n) is 2.72. The van der Waals surface area contributed by atoms with Crippen LogP contribution in [0.2, 0.25) is 0 Å². The number of nitrogens with zero attached hydrogens (tertiary/aromatic N) is 2. The molecule has 5 nitrogen and oxygen atoms in total. The van der Waals surface area contributed by atoms with E-state index in [9.17, 15) is 0 Å². The van der Waals surface area contributed by atoms with Crippen LogP contribution >= 0.6 is 0 Å². The Hall–Kier alpha value is -2.66. The number of fused-ring (bicyclic) bond motifs is 1. The van der Waals surface area contributed by atoms with Crippen LogP contribution in [0, 0.1) is 0 Å². The lowest BCUT2D eigenvalue weighted by Gasteiger charge is -2.11. The first kappa shape index (κ1) is 16.2. The van der Waals surface area contributed by atoms with E-state index in [-0.39, 0.29) is 0 Å². The molecule has 1 N–H and O–H groups in total. The molecule has 3 rings (SSSR count). The zero-order valence-electron chi connectivity index (χ0n) is 14.0. The summed E-state index contributed by atoms with van der Waals surface area (Å²) in [4.78, 5) is 8.67. The van der Waals surface area contributed by atoms with E-state index < -0.39 is 0 Å². The lowest BCUT2D eigenvalue weighted by Crippen LogP contribution is -2.08. The molecule has 5 heteroatoms. The average molecular weight is 323 g/mol. The number of hydrogen-bond donors (Lipinski definition) is 1. The largest absolute Gasteiger partial charge is 0.497 e. The molecule has 1 aromatic heterocycles. The summed E-state index contributed by atoms with van der Waals surface area (Å²) in [6.45, 7) is 1.41. The van der Waals surface area contributed by atoms with Crippen LogP contribution in [0.5, 0.6) is 5.75 Å². The van der Waals surface area contributed by atoms with Gasteiger partial charge in [-0.1, -0.05) is 24.3 Å². The van der Waals surface area contributed by atoms with Gasteiger partial charge in [0.2, 0.25) is 0 Å². The third kappa shape index (κ3) is 3.63. The molecule has 0 spiro atoms. The van der Waals surface area contributed by atoms with E-state index in [1.807, 2.05) is 24.3 Å². The first-order chi connectivity index (χ1) is 11.8.